The highest BCUT2D eigenvalue weighted by Gasteiger charge is 2.05. The minimum absolute atomic E-state index is 0.259. The summed E-state index contributed by atoms with van der Waals surface area (Å²) in [6.07, 6.45) is 2.06. The van der Waals surface area contributed by atoms with E-state index in [1.165, 1.54) is 19.3 Å². The van der Waals surface area contributed by atoms with Gasteiger partial charge in [-0.3, -0.25) is 0 Å². The summed E-state index contributed by atoms with van der Waals surface area (Å²) in [5, 5.41) is 17.7. The molecule has 1 aromatic heterocycles. The molecule has 1 atom stereocenters. The second-order valence-electron chi connectivity index (χ2n) is 2.96. The Morgan fingerprint density at radius 1 is 1.13 bits per heavy atom. The van der Waals surface area contributed by atoms with Gasteiger partial charge in [-0.15, -0.1) is 0 Å². The number of hydrogen-bond acceptors (Lipinski definition) is 3. The predicted molar refractivity (Wildman–Crippen MR) is 56.5 cm³/mol. The van der Waals surface area contributed by atoms with E-state index in [2.05, 4.69) is 4.98 Å². The summed E-state index contributed by atoms with van der Waals surface area (Å²) in [4.78, 5) is 3.68. The Morgan fingerprint density at radius 2 is 1.60 bits per heavy atom. The Morgan fingerprint density at radius 3 is 1.80 bits per heavy atom. The standard InChI is InChI=1S/C6H6.C5H8N2O2/c1-2-4-6-5-3-1;1-4(8)5-6-2-3-7(5)9/h1-6H;2-4,8-9H,1H3. The summed E-state index contributed by atoms with van der Waals surface area (Å²) < 4.78 is 0.796. The zero-order valence-electron chi connectivity index (χ0n) is 8.49. The van der Waals surface area contributed by atoms with Crippen molar-refractivity contribution in [3.8, 4) is 0 Å². The molecule has 0 spiro atoms. The lowest BCUT2D eigenvalue weighted by atomic mass is 10.4. The molecule has 2 rings (SSSR count). The average Bonchev–Trinajstić information content (AvgIpc) is 2.68. The summed E-state index contributed by atoms with van der Waals surface area (Å²) in [5.41, 5.74) is 0. The van der Waals surface area contributed by atoms with E-state index >= 15 is 0 Å². The third-order valence-electron chi connectivity index (χ3n) is 1.69. The number of rotatable bonds is 1. The van der Waals surface area contributed by atoms with Gasteiger partial charge in [0.2, 0.25) is 0 Å². The molecule has 0 radical (unpaired) electrons. The highest BCUT2D eigenvalue weighted by molar-refractivity contribution is 4.99. The van der Waals surface area contributed by atoms with Gasteiger partial charge in [-0.2, -0.15) is 4.73 Å². The number of aromatic nitrogens is 2. The molecule has 1 unspecified atom stereocenters. The molecule has 0 bridgehead atoms. The van der Waals surface area contributed by atoms with E-state index < -0.39 is 6.10 Å². The molecule has 15 heavy (non-hydrogen) atoms. The Kier molecular flexibility index (Phi) is 4.37. The molecule has 1 aromatic carbocycles. The van der Waals surface area contributed by atoms with E-state index in [1.54, 1.807) is 0 Å². The van der Waals surface area contributed by atoms with Crippen molar-refractivity contribution in [2.24, 2.45) is 0 Å². The lowest BCUT2D eigenvalue weighted by Gasteiger charge is -2.00. The molecule has 0 amide bonds. The lowest BCUT2D eigenvalue weighted by molar-refractivity contribution is 0.121. The molecule has 0 fully saturated rings. The van der Waals surface area contributed by atoms with Crippen molar-refractivity contribution < 1.29 is 10.3 Å². The number of benzene rings is 1. The second-order valence-corrected chi connectivity index (χ2v) is 2.96. The fourth-order valence-electron chi connectivity index (χ4n) is 0.993. The molecule has 0 aliphatic heterocycles. The Bertz CT molecular complexity index is 344. The van der Waals surface area contributed by atoms with Gasteiger partial charge in [-0.25, -0.2) is 4.98 Å². The predicted octanol–water partition coefficient (Wildman–Crippen LogP) is 1.86. The van der Waals surface area contributed by atoms with Crippen molar-refractivity contribution in [1.29, 1.82) is 0 Å². The molecule has 4 nitrogen and oxygen atoms in total. The Labute approximate surface area is 88.4 Å². The largest absolute Gasteiger partial charge is 0.427 e. The van der Waals surface area contributed by atoms with Crippen LogP contribution in [0.3, 0.4) is 0 Å². The molecule has 0 saturated carbocycles. The number of imidazole rings is 1. The topological polar surface area (TPSA) is 58.3 Å². The van der Waals surface area contributed by atoms with Crippen LogP contribution in [-0.4, -0.2) is 20.0 Å². The monoisotopic (exact) mass is 206 g/mol. The fourth-order valence-corrected chi connectivity index (χ4v) is 0.993. The zero-order valence-corrected chi connectivity index (χ0v) is 8.49. The first-order chi connectivity index (χ1) is 7.22. The van der Waals surface area contributed by atoms with Crippen molar-refractivity contribution in [3.63, 3.8) is 0 Å². The average molecular weight is 206 g/mol. The van der Waals surface area contributed by atoms with Gasteiger partial charge in [0.25, 0.3) is 0 Å². The molecular weight excluding hydrogens is 192 g/mol. The van der Waals surface area contributed by atoms with Gasteiger partial charge >= 0.3 is 0 Å². The van der Waals surface area contributed by atoms with Crippen LogP contribution in [0.25, 0.3) is 0 Å². The second kappa shape index (κ2) is 5.82. The van der Waals surface area contributed by atoms with E-state index in [0.717, 1.165) is 4.73 Å². The van der Waals surface area contributed by atoms with Gasteiger partial charge in [0.15, 0.2) is 5.82 Å². The molecule has 0 aliphatic rings. The molecule has 0 aliphatic carbocycles. The van der Waals surface area contributed by atoms with Crippen molar-refractivity contribution in [2.45, 2.75) is 13.0 Å². The molecule has 2 aromatic rings. The first-order valence-corrected chi connectivity index (χ1v) is 4.62. The van der Waals surface area contributed by atoms with Gasteiger partial charge in [-0.1, -0.05) is 36.4 Å². The van der Waals surface area contributed by atoms with Crippen molar-refractivity contribution in [3.05, 3.63) is 54.6 Å². The van der Waals surface area contributed by atoms with Crippen molar-refractivity contribution >= 4 is 0 Å². The molecule has 1 heterocycles. The summed E-state index contributed by atoms with van der Waals surface area (Å²) in [5.74, 6) is 0.259. The van der Waals surface area contributed by atoms with Crippen LogP contribution in [-0.2, 0) is 0 Å². The summed E-state index contributed by atoms with van der Waals surface area (Å²) in [6, 6.07) is 12.0. The zero-order chi connectivity index (χ0) is 11.1. The van der Waals surface area contributed by atoms with Crippen LogP contribution in [0.1, 0.15) is 18.9 Å². The van der Waals surface area contributed by atoms with E-state index in [4.69, 9.17) is 10.3 Å². The minimum atomic E-state index is -0.718. The first-order valence-electron chi connectivity index (χ1n) is 4.62. The van der Waals surface area contributed by atoms with Crippen LogP contribution in [0.15, 0.2) is 48.8 Å². The number of nitrogens with zero attached hydrogens (tertiary/aromatic N) is 2. The van der Waals surface area contributed by atoms with Gasteiger partial charge in [0.1, 0.15) is 6.10 Å². The summed E-state index contributed by atoms with van der Waals surface area (Å²) in [7, 11) is 0. The molecule has 0 saturated heterocycles. The van der Waals surface area contributed by atoms with Gasteiger partial charge in [0, 0.05) is 6.20 Å². The fraction of sp³-hybridized carbons (Fsp3) is 0.182. The highest BCUT2D eigenvalue weighted by Crippen LogP contribution is 2.05. The maximum Gasteiger partial charge on any atom is 0.172 e. The number of aliphatic hydroxyl groups is 1. The SMILES string of the molecule is CC(O)c1nccn1O.c1ccccc1. The van der Waals surface area contributed by atoms with E-state index in [0.29, 0.717) is 0 Å². The first kappa shape index (κ1) is 11.3. The van der Waals surface area contributed by atoms with Crippen LogP contribution >= 0.6 is 0 Å². The molecular formula is C11H14N2O2. The quantitative estimate of drug-likeness (QED) is 0.700. The number of aliphatic hydroxyl groups excluding tert-OH is 1. The summed E-state index contributed by atoms with van der Waals surface area (Å²) in [6.45, 7) is 1.54. The van der Waals surface area contributed by atoms with Gasteiger partial charge in [-0.05, 0) is 6.92 Å². The van der Waals surface area contributed by atoms with Gasteiger partial charge < -0.3 is 10.3 Å². The minimum Gasteiger partial charge on any atom is -0.427 e. The van der Waals surface area contributed by atoms with Crippen LogP contribution < -0.4 is 0 Å². The molecule has 4 heteroatoms. The normalized spacial score (nSPS) is 11.3. The smallest absolute Gasteiger partial charge is 0.172 e. The maximum absolute atomic E-state index is 8.85. The Hall–Kier alpha value is -1.81. The lowest BCUT2D eigenvalue weighted by Crippen LogP contribution is -2.01. The van der Waals surface area contributed by atoms with Crippen molar-refractivity contribution in [2.75, 3.05) is 0 Å². The molecule has 2 N–H and O–H groups in total. The third kappa shape index (κ3) is 3.83. The van der Waals surface area contributed by atoms with E-state index in [-0.39, 0.29) is 5.82 Å². The molecule has 80 valence electrons. The third-order valence-corrected chi connectivity index (χ3v) is 1.69. The number of hydrogen-bond donors (Lipinski definition) is 2. The maximum atomic E-state index is 8.85. The van der Waals surface area contributed by atoms with Crippen LogP contribution in [0.5, 0.6) is 0 Å². The van der Waals surface area contributed by atoms with Crippen LogP contribution in [0, 0.1) is 0 Å². The highest BCUT2D eigenvalue weighted by atomic mass is 16.5. The van der Waals surface area contributed by atoms with Crippen LogP contribution in [0.4, 0.5) is 0 Å². The van der Waals surface area contributed by atoms with E-state index in [1.807, 2.05) is 36.4 Å². The van der Waals surface area contributed by atoms with E-state index in [9.17, 15) is 0 Å². The summed E-state index contributed by atoms with van der Waals surface area (Å²) >= 11 is 0. The van der Waals surface area contributed by atoms with Gasteiger partial charge in [0.05, 0.1) is 6.20 Å². The Balaban J connectivity index is 0.000000162. The van der Waals surface area contributed by atoms with Crippen molar-refractivity contribution in [1.82, 2.24) is 9.71 Å². The van der Waals surface area contributed by atoms with Crippen LogP contribution in [0.2, 0.25) is 0 Å².